The summed E-state index contributed by atoms with van der Waals surface area (Å²) < 4.78 is 5.27. The number of carbonyl (C=O) groups is 1. The number of likely N-dealkylation sites (tertiary alicyclic amines) is 1. The maximum absolute atomic E-state index is 12.8. The van der Waals surface area contributed by atoms with Crippen LogP contribution in [0.4, 0.5) is 0 Å². The molecule has 1 aliphatic rings. The second-order valence-corrected chi connectivity index (χ2v) is 7.76. The summed E-state index contributed by atoms with van der Waals surface area (Å²) in [6.07, 6.45) is 3.48. The third-order valence-corrected chi connectivity index (χ3v) is 5.81. The minimum Gasteiger partial charge on any atom is -0.497 e. The van der Waals surface area contributed by atoms with E-state index in [9.17, 15) is 4.79 Å². The zero-order valence-electron chi connectivity index (χ0n) is 16.4. The highest BCUT2D eigenvalue weighted by Crippen LogP contribution is 2.24. The van der Waals surface area contributed by atoms with E-state index in [0.717, 1.165) is 47.5 Å². The number of fused-ring (bicyclic) bond motifs is 1. The standard InChI is InChI=1S/C25H27NO2/c1-28-24-10-9-21-16-23(8-7-22(21)17-24)25(27)18-26-13-11-20(12-14-26)15-19-5-3-2-4-6-19/h2-10,16-17,20H,11-15,18H2,1H3. The number of carbonyl (C=O) groups excluding carboxylic acids is 1. The monoisotopic (exact) mass is 373 g/mol. The Morgan fingerprint density at radius 1 is 0.964 bits per heavy atom. The molecule has 0 atom stereocenters. The molecule has 1 fully saturated rings. The first-order valence-corrected chi connectivity index (χ1v) is 10.1. The number of hydrogen-bond acceptors (Lipinski definition) is 3. The summed E-state index contributed by atoms with van der Waals surface area (Å²) in [7, 11) is 1.67. The Morgan fingerprint density at radius 3 is 2.43 bits per heavy atom. The van der Waals surface area contributed by atoms with Crippen molar-refractivity contribution in [2.75, 3.05) is 26.7 Å². The summed E-state index contributed by atoms with van der Waals surface area (Å²) in [5.74, 6) is 1.77. The molecule has 0 amide bonds. The van der Waals surface area contributed by atoms with Gasteiger partial charge in [0.25, 0.3) is 0 Å². The van der Waals surface area contributed by atoms with Gasteiger partial charge in [-0.25, -0.2) is 0 Å². The summed E-state index contributed by atoms with van der Waals surface area (Å²) in [5, 5.41) is 2.17. The number of ether oxygens (including phenoxy) is 1. The van der Waals surface area contributed by atoms with E-state index >= 15 is 0 Å². The van der Waals surface area contributed by atoms with Gasteiger partial charge in [0.15, 0.2) is 5.78 Å². The van der Waals surface area contributed by atoms with Gasteiger partial charge in [-0.05, 0) is 72.8 Å². The molecule has 28 heavy (non-hydrogen) atoms. The minimum atomic E-state index is 0.208. The van der Waals surface area contributed by atoms with Gasteiger partial charge in [-0.2, -0.15) is 0 Å². The fourth-order valence-electron chi connectivity index (χ4n) is 4.11. The molecule has 3 heteroatoms. The van der Waals surface area contributed by atoms with Gasteiger partial charge >= 0.3 is 0 Å². The lowest BCUT2D eigenvalue weighted by molar-refractivity contribution is 0.0895. The lowest BCUT2D eigenvalue weighted by Gasteiger charge is -2.31. The number of rotatable bonds is 6. The first-order chi connectivity index (χ1) is 13.7. The van der Waals surface area contributed by atoms with Crippen LogP contribution in [0.3, 0.4) is 0 Å². The largest absolute Gasteiger partial charge is 0.497 e. The van der Waals surface area contributed by atoms with Gasteiger partial charge in [-0.1, -0.05) is 48.5 Å². The van der Waals surface area contributed by atoms with Crippen LogP contribution in [0.5, 0.6) is 5.75 Å². The lowest BCUT2D eigenvalue weighted by atomic mass is 9.90. The van der Waals surface area contributed by atoms with Crippen LogP contribution in [-0.2, 0) is 6.42 Å². The Bertz CT molecular complexity index is 943. The van der Waals surface area contributed by atoms with E-state index in [1.165, 1.54) is 18.4 Å². The van der Waals surface area contributed by atoms with Crippen LogP contribution in [0.15, 0.2) is 66.7 Å². The van der Waals surface area contributed by atoms with Crippen LogP contribution in [0.25, 0.3) is 10.8 Å². The van der Waals surface area contributed by atoms with Crippen LogP contribution in [-0.4, -0.2) is 37.4 Å². The molecule has 0 spiro atoms. The van der Waals surface area contributed by atoms with Gasteiger partial charge in [-0.15, -0.1) is 0 Å². The van der Waals surface area contributed by atoms with Crippen molar-refractivity contribution in [3.8, 4) is 5.75 Å². The average Bonchev–Trinajstić information content (AvgIpc) is 2.75. The lowest BCUT2D eigenvalue weighted by Crippen LogP contribution is -2.37. The number of benzene rings is 3. The smallest absolute Gasteiger partial charge is 0.176 e. The van der Waals surface area contributed by atoms with Gasteiger partial charge in [0.2, 0.25) is 0 Å². The Morgan fingerprint density at radius 2 is 1.68 bits per heavy atom. The third kappa shape index (κ3) is 4.42. The van der Waals surface area contributed by atoms with Crippen molar-refractivity contribution in [3.05, 3.63) is 77.9 Å². The number of ketones is 1. The van der Waals surface area contributed by atoms with Gasteiger partial charge in [-0.3, -0.25) is 9.69 Å². The molecule has 0 bridgehead atoms. The molecule has 1 saturated heterocycles. The summed E-state index contributed by atoms with van der Waals surface area (Å²) in [4.78, 5) is 15.1. The summed E-state index contributed by atoms with van der Waals surface area (Å²) in [5.41, 5.74) is 2.22. The van der Waals surface area contributed by atoms with E-state index in [-0.39, 0.29) is 5.78 Å². The summed E-state index contributed by atoms with van der Waals surface area (Å²) in [6, 6.07) is 22.6. The Kier molecular flexibility index (Phi) is 5.73. The molecular weight excluding hydrogens is 346 g/mol. The SMILES string of the molecule is COc1ccc2cc(C(=O)CN3CCC(Cc4ccccc4)CC3)ccc2c1. The highest BCUT2D eigenvalue weighted by atomic mass is 16.5. The van der Waals surface area contributed by atoms with E-state index in [0.29, 0.717) is 6.54 Å². The quantitative estimate of drug-likeness (QED) is 0.570. The Labute approximate surface area is 166 Å². The molecule has 4 rings (SSSR count). The maximum Gasteiger partial charge on any atom is 0.176 e. The second-order valence-electron chi connectivity index (χ2n) is 7.76. The molecule has 3 nitrogen and oxygen atoms in total. The van der Waals surface area contributed by atoms with Crippen molar-refractivity contribution >= 4 is 16.6 Å². The Balaban J connectivity index is 1.33. The molecule has 3 aromatic carbocycles. The first-order valence-electron chi connectivity index (χ1n) is 10.1. The van der Waals surface area contributed by atoms with Gasteiger partial charge < -0.3 is 4.74 Å². The zero-order chi connectivity index (χ0) is 19.3. The molecule has 0 aliphatic carbocycles. The molecule has 0 aromatic heterocycles. The van der Waals surface area contributed by atoms with Gasteiger partial charge in [0.05, 0.1) is 13.7 Å². The van der Waals surface area contributed by atoms with Crippen molar-refractivity contribution in [2.24, 2.45) is 5.92 Å². The third-order valence-electron chi connectivity index (χ3n) is 5.81. The normalized spacial score (nSPS) is 15.6. The number of nitrogens with zero attached hydrogens (tertiary/aromatic N) is 1. The van der Waals surface area contributed by atoms with E-state index in [1.807, 2.05) is 36.4 Å². The highest BCUT2D eigenvalue weighted by Gasteiger charge is 2.21. The molecule has 144 valence electrons. The van der Waals surface area contributed by atoms with Gasteiger partial charge in [0.1, 0.15) is 5.75 Å². The highest BCUT2D eigenvalue weighted by molar-refractivity contribution is 6.01. The molecule has 1 aliphatic heterocycles. The fraction of sp³-hybridized carbons (Fsp3) is 0.320. The van der Waals surface area contributed by atoms with Crippen LogP contribution in [0.1, 0.15) is 28.8 Å². The topological polar surface area (TPSA) is 29.5 Å². The van der Waals surface area contributed by atoms with Crippen molar-refractivity contribution in [1.82, 2.24) is 4.90 Å². The van der Waals surface area contributed by atoms with Crippen molar-refractivity contribution in [2.45, 2.75) is 19.3 Å². The number of Topliss-reactive ketones (excluding diaryl/α,β-unsaturated/α-hetero) is 1. The molecule has 3 aromatic rings. The summed E-state index contributed by atoms with van der Waals surface area (Å²) in [6.45, 7) is 2.53. The van der Waals surface area contributed by atoms with Crippen molar-refractivity contribution in [1.29, 1.82) is 0 Å². The van der Waals surface area contributed by atoms with E-state index < -0.39 is 0 Å². The van der Waals surface area contributed by atoms with Gasteiger partial charge in [0, 0.05) is 5.56 Å². The Hall–Kier alpha value is -2.65. The second kappa shape index (κ2) is 8.57. The molecule has 1 heterocycles. The van der Waals surface area contributed by atoms with Crippen molar-refractivity contribution in [3.63, 3.8) is 0 Å². The predicted octanol–water partition coefficient (Wildman–Crippen LogP) is 4.99. The molecule has 0 radical (unpaired) electrons. The van der Waals surface area contributed by atoms with E-state index in [4.69, 9.17) is 4.74 Å². The van der Waals surface area contributed by atoms with E-state index in [1.54, 1.807) is 7.11 Å². The molecule has 0 unspecified atom stereocenters. The van der Waals surface area contributed by atoms with E-state index in [2.05, 4.69) is 35.2 Å². The summed E-state index contributed by atoms with van der Waals surface area (Å²) >= 11 is 0. The molecule has 0 N–H and O–H groups in total. The van der Waals surface area contributed by atoms with Crippen LogP contribution in [0, 0.1) is 5.92 Å². The minimum absolute atomic E-state index is 0.208. The number of hydrogen-bond donors (Lipinski definition) is 0. The van der Waals surface area contributed by atoms with Crippen LogP contribution in [0.2, 0.25) is 0 Å². The fourth-order valence-corrected chi connectivity index (χ4v) is 4.11. The molecular formula is C25H27NO2. The number of methoxy groups -OCH3 is 1. The average molecular weight is 373 g/mol. The van der Waals surface area contributed by atoms with Crippen LogP contribution < -0.4 is 4.74 Å². The maximum atomic E-state index is 12.8. The van der Waals surface area contributed by atoms with Crippen LogP contribution >= 0.6 is 0 Å². The molecule has 0 saturated carbocycles. The predicted molar refractivity (Wildman–Crippen MR) is 114 cm³/mol. The first kappa shape index (κ1) is 18.7. The van der Waals surface area contributed by atoms with Crippen molar-refractivity contribution < 1.29 is 9.53 Å². The zero-order valence-corrected chi connectivity index (χ0v) is 16.4. The number of piperidine rings is 1.